The Morgan fingerprint density at radius 2 is 1.65 bits per heavy atom. The molecule has 0 saturated carbocycles. The van der Waals surface area contributed by atoms with E-state index in [2.05, 4.69) is 0 Å². The van der Waals surface area contributed by atoms with Gasteiger partial charge in [0.05, 0.1) is 29.4 Å². The number of halogens is 1. The standard InChI is InChI=1S/C22H19ClO6S2/c1-14-10-18(11-15-8-9-30-21-6-4-16(27-2)13-20(15)21)31(29-23(24,25)26)22-7-5-17(28-3)12-19(14)22/h4-13H,1-3H3/b15-11+. The minimum Gasteiger partial charge on any atom is -0.497 e. The van der Waals surface area contributed by atoms with Gasteiger partial charge in [-0.2, -0.15) is 14.0 Å². The van der Waals surface area contributed by atoms with Gasteiger partial charge >= 0.3 is 0 Å². The molecule has 0 radical (unpaired) electrons. The molecule has 2 aromatic carbocycles. The quantitative estimate of drug-likeness (QED) is 0.481. The summed E-state index contributed by atoms with van der Waals surface area (Å²) in [5.74, 6) is 1.35. The summed E-state index contributed by atoms with van der Waals surface area (Å²) in [6.07, 6.45) is 5.64. The summed E-state index contributed by atoms with van der Waals surface area (Å²) in [6, 6.07) is 11.0. The van der Waals surface area contributed by atoms with Crippen LogP contribution in [0, 0.1) is 10.2 Å². The van der Waals surface area contributed by atoms with E-state index in [0.717, 1.165) is 27.2 Å². The second-order valence-electron chi connectivity index (χ2n) is 6.68. The van der Waals surface area contributed by atoms with Crippen LogP contribution in [0.1, 0.15) is 18.1 Å². The zero-order chi connectivity index (χ0) is 22.2. The second kappa shape index (κ2) is 8.84. The molecule has 9 heteroatoms. The molecule has 162 valence electrons. The molecule has 6 nitrogen and oxygen atoms in total. The molecule has 2 heterocycles. The molecule has 1 atom stereocenters. The van der Waals surface area contributed by atoms with Crippen LogP contribution in [0.5, 0.6) is 11.5 Å². The number of hydrogen-bond donors (Lipinski definition) is 0. The first kappa shape index (κ1) is 22.2. The maximum absolute atomic E-state index is 11.5. The minimum absolute atomic E-state index is 0.586. The van der Waals surface area contributed by atoms with Crippen LogP contribution in [0.4, 0.5) is 0 Å². The van der Waals surface area contributed by atoms with Gasteiger partial charge in [0.2, 0.25) is 0 Å². The maximum Gasteiger partial charge on any atom is 0.147 e. The van der Waals surface area contributed by atoms with Gasteiger partial charge in [-0.3, -0.25) is 0 Å². The van der Waals surface area contributed by atoms with E-state index < -0.39 is 21.0 Å². The smallest absolute Gasteiger partial charge is 0.147 e. The van der Waals surface area contributed by atoms with Crippen LogP contribution in [0.2, 0.25) is 0 Å². The zero-order valence-electron chi connectivity index (χ0n) is 16.9. The summed E-state index contributed by atoms with van der Waals surface area (Å²) in [6.45, 7) is 1.92. The van der Waals surface area contributed by atoms with Crippen molar-refractivity contribution in [3.8, 4) is 11.5 Å². The molecule has 1 unspecified atom stereocenters. The zero-order valence-corrected chi connectivity index (χ0v) is 19.3. The number of hydrogen-bond acceptors (Lipinski definition) is 7. The van der Waals surface area contributed by atoms with Crippen molar-refractivity contribution < 1.29 is 37.4 Å². The van der Waals surface area contributed by atoms with Gasteiger partial charge in [-0.15, -0.1) is 0 Å². The predicted molar refractivity (Wildman–Crippen MR) is 115 cm³/mol. The van der Waals surface area contributed by atoms with Crippen molar-refractivity contribution in [2.45, 2.75) is 16.7 Å². The molecule has 0 amide bonds. The van der Waals surface area contributed by atoms with Crippen molar-refractivity contribution in [1.29, 1.82) is 0 Å². The Balaban J connectivity index is 1.90. The summed E-state index contributed by atoms with van der Waals surface area (Å²) >= 11 is 1.59. The van der Waals surface area contributed by atoms with E-state index in [1.165, 1.54) is 0 Å². The number of methoxy groups -OCH3 is 2. The summed E-state index contributed by atoms with van der Waals surface area (Å²) in [5.41, 5.74) is 3.51. The lowest BCUT2D eigenvalue weighted by molar-refractivity contribution is -1.91. The third kappa shape index (κ3) is 4.75. The molecular weight excluding hydrogens is 460 g/mol. The van der Waals surface area contributed by atoms with Gasteiger partial charge in [0.15, 0.2) is 0 Å². The molecule has 31 heavy (non-hydrogen) atoms. The predicted octanol–water partition coefficient (Wildman–Crippen LogP) is 2.45. The lowest BCUT2D eigenvalue weighted by Gasteiger charge is -2.22. The first-order valence-corrected chi connectivity index (χ1v) is 12.4. The van der Waals surface area contributed by atoms with E-state index in [1.54, 1.807) is 44.2 Å². The van der Waals surface area contributed by atoms with Crippen LogP contribution in [-0.4, -0.2) is 19.1 Å². The second-order valence-corrected chi connectivity index (χ2v) is 10.3. The summed E-state index contributed by atoms with van der Waals surface area (Å²) in [7, 11) is -2.89. The third-order valence-corrected chi connectivity index (χ3v) is 8.18. The van der Waals surface area contributed by atoms with Crippen LogP contribution in [0.15, 0.2) is 69.8 Å². The van der Waals surface area contributed by atoms with Crippen LogP contribution < -0.4 is 23.5 Å². The van der Waals surface area contributed by atoms with Gasteiger partial charge in [0.25, 0.3) is 0 Å². The van der Waals surface area contributed by atoms with Gasteiger partial charge in [-0.05, 0) is 89.2 Å². The van der Waals surface area contributed by atoms with Gasteiger partial charge in [-0.25, -0.2) is 0 Å². The molecule has 0 bridgehead atoms. The first-order chi connectivity index (χ1) is 14.8. The van der Waals surface area contributed by atoms with E-state index >= 15 is 0 Å². The minimum atomic E-state index is -4.63. The number of fused-ring (bicyclic) bond motifs is 2. The SMILES string of the molecule is COc1ccc2c(c1)C(C)=CC(/C=C1\C=CSc3ccc(OC)cc31)=S2O[Cl+3]([O-])([O-])[O-]. The Bertz CT molecular complexity index is 1160. The van der Waals surface area contributed by atoms with Gasteiger partial charge in [0, 0.05) is 9.76 Å². The molecule has 0 fully saturated rings. The monoisotopic (exact) mass is 478 g/mol. The molecule has 4 rings (SSSR count). The number of allylic oxidation sites excluding steroid dienone is 5. The number of thioether (sulfide) groups is 1. The fraction of sp³-hybridized carbons (Fsp3) is 0.136. The van der Waals surface area contributed by atoms with E-state index in [0.29, 0.717) is 21.3 Å². The molecule has 2 aliphatic heterocycles. The topological polar surface area (TPSA) is 96.9 Å². The Morgan fingerprint density at radius 1 is 0.968 bits per heavy atom. The molecule has 0 saturated heterocycles. The van der Waals surface area contributed by atoms with Crippen molar-refractivity contribution in [1.82, 2.24) is 0 Å². The third-order valence-electron chi connectivity index (χ3n) is 4.76. The molecule has 0 N–H and O–H groups in total. The highest BCUT2D eigenvalue weighted by molar-refractivity contribution is 8.12. The highest BCUT2D eigenvalue weighted by Crippen LogP contribution is 2.44. The van der Waals surface area contributed by atoms with Crippen molar-refractivity contribution in [2.24, 2.45) is 0 Å². The average Bonchev–Trinajstić information content (AvgIpc) is 2.75. The van der Waals surface area contributed by atoms with Crippen molar-refractivity contribution >= 4 is 38.5 Å². The average molecular weight is 479 g/mol. The lowest BCUT2D eigenvalue weighted by Crippen LogP contribution is -2.60. The first-order valence-electron chi connectivity index (χ1n) is 9.11. The van der Waals surface area contributed by atoms with E-state index in [-0.39, 0.29) is 0 Å². The fourth-order valence-electron chi connectivity index (χ4n) is 3.33. The molecule has 0 aromatic heterocycles. The highest BCUT2D eigenvalue weighted by atomic mass is 35.7. The Kier molecular flexibility index (Phi) is 6.32. The largest absolute Gasteiger partial charge is 0.497 e. The summed E-state index contributed by atoms with van der Waals surface area (Å²) in [4.78, 5) is 2.24. The van der Waals surface area contributed by atoms with Crippen molar-refractivity contribution in [2.75, 3.05) is 14.2 Å². The van der Waals surface area contributed by atoms with E-state index in [1.807, 2.05) is 48.8 Å². The molecule has 0 spiro atoms. The normalized spacial score (nSPS) is 19.0. The van der Waals surface area contributed by atoms with Crippen LogP contribution in [-0.2, 0) is 3.74 Å². The highest BCUT2D eigenvalue weighted by Gasteiger charge is 2.30. The van der Waals surface area contributed by atoms with Crippen molar-refractivity contribution in [3.05, 3.63) is 71.2 Å². The number of ether oxygens (including phenoxy) is 2. The molecule has 0 aliphatic carbocycles. The van der Waals surface area contributed by atoms with Crippen LogP contribution >= 0.6 is 22.5 Å². The van der Waals surface area contributed by atoms with Crippen molar-refractivity contribution in [3.63, 3.8) is 0 Å². The van der Waals surface area contributed by atoms with E-state index in [4.69, 9.17) is 13.2 Å². The Labute approximate surface area is 189 Å². The Hall–Kier alpha value is -2.04. The number of benzene rings is 2. The maximum atomic E-state index is 11.5. The molecular formula is C22H19ClO6S2. The fourth-order valence-corrected chi connectivity index (χ4v) is 6.71. The van der Waals surface area contributed by atoms with Gasteiger partial charge in [-0.1, -0.05) is 11.8 Å². The van der Waals surface area contributed by atoms with E-state index in [9.17, 15) is 14.0 Å². The molecule has 2 aromatic rings. The molecule has 2 aliphatic rings. The van der Waals surface area contributed by atoms with Crippen LogP contribution in [0.3, 0.4) is 0 Å². The summed E-state index contributed by atoms with van der Waals surface area (Å²) in [5, 5.41) is 1.96. The number of rotatable bonds is 5. The summed E-state index contributed by atoms with van der Waals surface area (Å²) < 4.78 is 50.2. The van der Waals surface area contributed by atoms with Crippen LogP contribution in [0.25, 0.3) is 11.1 Å². The Morgan fingerprint density at radius 3 is 2.32 bits per heavy atom. The van der Waals surface area contributed by atoms with Gasteiger partial charge < -0.3 is 9.47 Å². The lowest BCUT2D eigenvalue weighted by atomic mass is 10.0. The van der Waals surface area contributed by atoms with Gasteiger partial charge in [0.1, 0.15) is 26.0 Å².